The summed E-state index contributed by atoms with van der Waals surface area (Å²) in [5, 5.41) is 0. The molecule has 0 spiro atoms. The topological polar surface area (TPSA) is 44.1 Å². The number of benzene rings is 1. The highest BCUT2D eigenvalue weighted by molar-refractivity contribution is 9.10. The van der Waals surface area contributed by atoms with Crippen molar-refractivity contribution in [3.05, 3.63) is 47.0 Å². The van der Waals surface area contributed by atoms with Crippen LogP contribution in [-0.2, 0) is 4.74 Å². The second-order valence-corrected chi connectivity index (χ2v) is 3.78. The molecule has 0 saturated carbocycles. The van der Waals surface area contributed by atoms with Crippen LogP contribution in [0.25, 0.3) is 5.69 Å². The number of esters is 1. The molecule has 5 heteroatoms. The van der Waals surface area contributed by atoms with E-state index in [0.717, 1.165) is 5.69 Å². The summed E-state index contributed by atoms with van der Waals surface area (Å²) in [6.07, 6.45) is 3.42. The van der Waals surface area contributed by atoms with Crippen molar-refractivity contribution in [2.24, 2.45) is 0 Å². The van der Waals surface area contributed by atoms with E-state index in [1.807, 2.05) is 12.1 Å². The average molecular weight is 281 g/mol. The van der Waals surface area contributed by atoms with Crippen LogP contribution in [0, 0.1) is 0 Å². The third-order valence-electron chi connectivity index (χ3n) is 2.16. The number of ether oxygens (including phenoxy) is 1. The number of rotatable bonds is 2. The lowest BCUT2D eigenvalue weighted by molar-refractivity contribution is 0.0601. The predicted molar refractivity (Wildman–Crippen MR) is 62.6 cm³/mol. The minimum Gasteiger partial charge on any atom is -0.465 e. The van der Waals surface area contributed by atoms with Gasteiger partial charge in [0.05, 0.1) is 18.4 Å². The normalized spacial score (nSPS) is 10.1. The molecule has 0 aliphatic rings. The maximum atomic E-state index is 11.6. The molecule has 1 heterocycles. The summed E-state index contributed by atoms with van der Waals surface area (Å²) < 4.78 is 7.14. The summed E-state index contributed by atoms with van der Waals surface area (Å²) in [5.74, 6) is -0.365. The van der Waals surface area contributed by atoms with E-state index in [-0.39, 0.29) is 5.97 Å². The van der Waals surface area contributed by atoms with Gasteiger partial charge in [0.25, 0.3) is 0 Å². The molecule has 2 aromatic rings. The number of hydrogen-bond donors (Lipinski definition) is 0. The zero-order valence-corrected chi connectivity index (χ0v) is 10.1. The lowest BCUT2D eigenvalue weighted by Crippen LogP contribution is -2.07. The highest BCUT2D eigenvalue weighted by Crippen LogP contribution is 2.19. The number of halogens is 1. The first-order chi connectivity index (χ1) is 7.74. The van der Waals surface area contributed by atoms with Gasteiger partial charge in [-0.05, 0) is 28.1 Å². The molecule has 0 aliphatic carbocycles. The van der Waals surface area contributed by atoms with Gasteiger partial charge in [-0.15, -0.1) is 0 Å². The van der Waals surface area contributed by atoms with E-state index in [1.54, 1.807) is 29.1 Å². The molecule has 0 radical (unpaired) electrons. The summed E-state index contributed by atoms with van der Waals surface area (Å²) in [4.78, 5) is 15.6. The van der Waals surface area contributed by atoms with Gasteiger partial charge in [0.1, 0.15) is 0 Å². The van der Waals surface area contributed by atoms with Crippen LogP contribution in [-0.4, -0.2) is 22.6 Å². The first-order valence-electron chi connectivity index (χ1n) is 4.60. The van der Waals surface area contributed by atoms with Crippen LogP contribution in [0.2, 0.25) is 0 Å². The Morgan fingerprint density at radius 2 is 2.19 bits per heavy atom. The van der Waals surface area contributed by atoms with Crippen molar-refractivity contribution in [1.82, 2.24) is 9.55 Å². The molecule has 0 bridgehead atoms. The maximum Gasteiger partial charge on any atom is 0.339 e. The van der Waals surface area contributed by atoms with Crippen molar-refractivity contribution >= 4 is 21.9 Å². The number of para-hydroxylation sites is 1. The molecule has 1 aromatic heterocycles. The maximum absolute atomic E-state index is 11.6. The number of methoxy groups -OCH3 is 1. The summed E-state index contributed by atoms with van der Waals surface area (Å²) in [7, 11) is 1.36. The minimum absolute atomic E-state index is 0.365. The first-order valence-corrected chi connectivity index (χ1v) is 5.40. The fourth-order valence-electron chi connectivity index (χ4n) is 1.43. The van der Waals surface area contributed by atoms with Crippen molar-refractivity contribution in [2.75, 3.05) is 7.11 Å². The second kappa shape index (κ2) is 4.49. The smallest absolute Gasteiger partial charge is 0.339 e. The quantitative estimate of drug-likeness (QED) is 0.794. The fraction of sp³-hybridized carbons (Fsp3) is 0.0909. The molecule has 0 atom stereocenters. The highest BCUT2D eigenvalue weighted by Gasteiger charge is 2.13. The summed E-state index contributed by atoms with van der Waals surface area (Å²) in [6, 6.07) is 7.20. The van der Waals surface area contributed by atoms with Crippen LogP contribution in [0.1, 0.15) is 10.4 Å². The molecule has 4 nitrogen and oxygen atoms in total. The minimum atomic E-state index is -0.365. The van der Waals surface area contributed by atoms with Gasteiger partial charge in [0.15, 0.2) is 4.73 Å². The Hall–Kier alpha value is -1.62. The zero-order chi connectivity index (χ0) is 11.5. The van der Waals surface area contributed by atoms with Crippen LogP contribution in [0.5, 0.6) is 0 Å². The van der Waals surface area contributed by atoms with Crippen LogP contribution < -0.4 is 0 Å². The van der Waals surface area contributed by atoms with Gasteiger partial charge in [0, 0.05) is 12.4 Å². The number of carbonyl (C=O) groups excluding carboxylic acids is 1. The number of nitrogens with zero attached hydrogens (tertiary/aromatic N) is 2. The molecule has 0 unspecified atom stereocenters. The Morgan fingerprint density at radius 3 is 2.81 bits per heavy atom. The van der Waals surface area contributed by atoms with E-state index >= 15 is 0 Å². The highest BCUT2D eigenvalue weighted by atomic mass is 79.9. The third kappa shape index (κ3) is 1.86. The standard InChI is InChI=1S/C11H9BrN2O2/c1-16-10(15)8-4-2-3-5-9(8)14-7-6-13-11(14)12/h2-7H,1H3. The monoisotopic (exact) mass is 280 g/mol. The first kappa shape index (κ1) is 10.9. The van der Waals surface area contributed by atoms with Crippen molar-refractivity contribution < 1.29 is 9.53 Å². The van der Waals surface area contributed by atoms with Gasteiger partial charge >= 0.3 is 5.97 Å². The largest absolute Gasteiger partial charge is 0.465 e. The Kier molecular flexibility index (Phi) is 3.05. The van der Waals surface area contributed by atoms with Crippen molar-refractivity contribution in [2.45, 2.75) is 0 Å². The second-order valence-electron chi connectivity index (χ2n) is 3.08. The van der Waals surface area contributed by atoms with Crippen LogP contribution >= 0.6 is 15.9 Å². The zero-order valence-electron chi connectivity index (χ0n) is 8.55. The molecule has 16 heavy (non-hydrogen) atoms. The van der Waals surface area contributed by atoms with E-state index in [2.05, 4.69) is 20.9 Å². The van der Waals surface area contributed by atoms with E-state index in [4.69, 9.17) is 4.74 Å². The Morgan fingerprint density at radius 1 is 1.44 bits per heavy atom. The third-order valence-corrected chi connectivity index (χ3v) is 2.75. The van der Waals surface area contributed by atoms with Crippen molar-refractivity contribution in [1.29, 1.82) is 0 Å². The number of hydrogen-bond acceptors (Lipinski definition) is 3. The molecular formula is C11H9BrN2O2. The molecule has 0 N–H and O–H groups in total. The number of carbonyl (C=O) groups is 1. The van der Waals surface area contributed by atoms with Crippen LogP contribution in [0.3, 0.4) is 0 Å². The van der Waals surface area contributed by atoms with E-state index in [1.165, 1.54) is 7.11 Å². The van der Waals surface area contributed by atoms with E-state index in [9.17, 15) is 4.79 Å². The van der Waals surface area contributed by atoms with Crippen molar-refractivity contribution in [3.63, 3.8) is 0 Å². The number of aromatic nitrogens is 2. The molecule has 0 amide bonds. The van der Waals surface area contributed by atoms with Gasteiger partial charge in [-0.2, -0.15) is 0 Å². The van der Waals surface area contributed by atoms with Gasteiger partial charge in [0.2, 0.25) is 0 Å². The van der Waals surface area contributed by atoms with E-state index in [0.29, 0.717) is 10.3 Å². The molecule has 0 saturated heterocycles. The Balaban J connectivity index is 2.57. The fourth-order valence-corrected chi connectivity index (χ4v) is 1.86. The lowest BCUT2D eigenvalue weighted by Gasteiger charge is -2.08. The molecule has 2 rings (SSSR count). The molecular weight excluding hydrogens is 272 g/mol. The van der Waals surface area contributed by atoms with Crippen LogP contribution in [0.4, 0.5) is 0 Å². The van der Waals surface area contributed by atoms with Crippen molar-refractivity contribution in [3.8, 4) is 5.69 Å². The van der Waals surface area contributed by atoms with Gasteiger partial charge in [-0.3, -0.25) is 4.57 Å². The number of imidazole rings is 1. The SMILES string of the molecule is COC(=O)c1ccccc1-n1ccnc1Br. The van der Waals surface area contributed by atoms with Crippen LogP contribution in [0.15, 0.2) is 41.4 Å². The van der Waals surface area contributed by atoms with Gasteiger partial charge in [-0.1, -0.05) is 12.1 Å². The summed E-state index contributed by atoms with van der Waals surface area (Å²) >= 11 is 3.31. The Bertz CT molecular complexity index is 522. The summed E-state index contributed by atoms with van der Waals surface area (Å²) in [5.41, 5.74) is 1.24. The lowest BCUT2D eigenvalue weighted by atomic mass is 10.2. The van der Waals surface area contributed by atoms with Gasteiger partial charge < -0.3 is 4.74 Å². The molecule has 0 fully saturated rings. The predicted octanol–water partition coefficient (Wildman–Crippen LogP) is 2.42. The van der Waals surface area contributed by atoms with E-state index < -0.39 is 0 Å². The van der Waals surface area contributed by atoms with Gasteiger partial charge in [-0.25, -0.2) is 9.78 Å². The Labute approximate surface area is 101 Å². The molecule has 82 valence electrons. The molecule has 1 aromatic carbocycles. The summed E-state index contributed by atoms with van der Waals surface area (Å²) in [6.45, 7) is 0. The molecule has 0 aliphatic heterocycles. The average Bonchev–Trinajstić information content (AvgIpc) is 2.74.